The van der Waals surface area contributed by atoms with Crippen molar-refractivity contribution in [1.82, 2.24) is 4.90 Å². The number of likely N-dealkylation sites (N-methyl/N-ethyl adjacent to an activating group) is 1. The van der Waals surface area contributed by atoms with Crippen molar-refractivity contribution in [2.45, 2.75) is 12.8 Å². The zero-order valence-electron chi connectivity index (χ0n) is 8.95. The van der Waals surface area contributed by atoms with Gasteiger partial charge in [-0.1, -0.05) is 6.08 Å². The van der Waals surface area contributed by atoms with Crippen molar-refractivity contribution in [3.63, 3.8) is 0 Å². The number of ketones is 1. The predicted molar refractivity (Wildman–Crippen MR) is 54.0 cm³/mol. The zero-order valence-corrected chi connectivity index (χ0v) is 11.9. The monoisotopic (exact) mass is 367 g/mol. The Morgan fingerprint density at radius 3 is 2.43 bits per heavy atom. The normalized spacial score (nSPS) is 9.36. The fourth-order valence-electron chi connectivity index (χ4n) is 0.653. The number of allylic oxidation sites excluding steroid dienone is 1. The van der Waals surface area contributed by atoms with Crippen LogP contribution in [0.25, 0.3) is 0 Å². The van der Waals surface area contributed by atoms with Crippen molar-refractivity contribution in [1.29, 1.82) is 0 Å². The van der Waals surface area contributed by atoms with Crippen molar-refractivity contribution in [3.05, 3.63) is 19.6 Å². The molecule has 0 N–H and O–H groups in total. The van der Waals surface area contributed by atoms with E-state index in [0.717, 1.165) is 6.54 Å². The van der Waals surface area contributed by atoms with E-state index in [0.29, 0.717) is 0 Å². The smallest absolute Gasteiger partial charge is 0.542 e. The van der Waals surface area contributed by atoms with E-state index < -0.39 is 0 Å². The number of nitrogens with zero attached hydrogens (tertiary/aromatic N) is 1. The Hall–Kier alpha value is -0.272. The Morgan fingerprint density at radius 2 is 2.00 bits per heavy atom. The van der Waals surface area contributed by atoms with Gasteiger partial charge >= 0.3 is 21.1 Å². The summed E-state index contributed by atoms with van der Waals surface area (Å²) in [7, 11) is 3.85. The average molecular weight is 367 g/mol. The number of carbonyl (C=O) groups excluding carboxylic acids is 2. The van der Waals surface area contributed by atoms with Crippen LogP contribution >= 0.6 is 0 Å². The van der Waals surface area contributed by atoms with E-state index in [4.69, 9.17) is 0 Å². The molecule has 0 saturated carbocycles. The number of rotatable bonds is 6. The van der Waals surface area contributed by atoms with E-state index in [1.165, 1.54) is 6.08 Å². The van der Waals surface area contributed by atoms with Gasteiger partial charge in [0.1, 0.15) is 0 Å². The Kier molecular flexibility index (Phi) is 17.6. The summed E-state index contributed by atoms with van der Waals surface area (Å²) >= 11 is 0. The standard InChI is InChI=1S/C9H14NO2.CH3.W/c1-10(2)7-3-5-9(12)6-4-8-11;;/h3,5H,4,6-7H2,1-2H3;1H3;/q2*-1;+2/b5-3+;;. The van der Waals surface area contributed by atoms with Crippen LogP contribution in [-0.4, -0.2) is 37.6 Å². The maximum Gasteiger partial charge on any atom is 2.00 e. The molecule has 0 aliphatic rings. The fourth-order valence-corrected chi connectivity index (χ4v) is 0.653. The maximum atomic E-state index is 10.9. The molecule has 0 spiro atoms. The largest absolute Gasteiger partial charge is 2.00 e. The minimum Gasteiger partial charge on any atom is -0.542 e. The Morgan fingerprint density at radius 1 is 1.43 bits per heavy atom. The molecular weight excluding hydrogens is 350 g/mol. The molecule has 4 heteroatoms. The second-order valence-electron chi connectivity index (χ2n) is 2.78. The van der Waals surface area contributed by atoms with Crippen molar-refractivity contribution in [2.24, 2.45) is 0 Å². The molecule has 0 aliphatic carbocycles. The molecule has 0 fully saturated rings. The summed E-state index contributed by atoms with van der Waals surface area (Å²) in [5, 5.41) is 0. The molecule has 0 unspecified atom stereocenters. The topological polar surface area (TPSA) is 37.4 Å². The van der Waals surface area contributed by atoms with Gasteiger partial charge in [-0.05, 0) is 26.6 Å². The van der Waals surface area contributed by atoms with Gasteiger partial charge in [0.2, 0.25) is 0 Å². The van der Waals surface area contributed by atoms with Crippen LogP contribution in [-0.2, 0) is 30.7 Å². The molecule has 0 aromatic heterocycles. The second-order valence-corrected chi connectivity index (χ2v) is 2.78. The first-order valence-corrected chi connectivity index (χ1v) is 3.86. The third-order valence-corrected chi connectivity index (χ3v) is 1.25. The van der Waals surface area contributed by atoms with Gasteiger partial charge in [0.05, 0.1) is 0 Å². The molecule has 0 aromatic rings. The predicted octanol–water partition coefficient (Wildman–Crippen LogP) is 1.01. The van der Waals surface area contributed by atoms with Gasteiger partial charge < -0.3 is 17.1 Å². The fraction of sp³-hybridized carbons (Fsp3) is 0.500. The quantitative estimate of drug-likeness (QED) is 0.520. The van der Waals surface area contributed by atoms with Gasteiger partial charge in [-0.3, -0.25) is 11.1 Å². The van der Waals surface area contributed by atoms with Gasteiger partial charge in [0, 0.05) is 6.54 Å². The summed E-state index contributed by atoms with van der Waals surface area (Å²) in [5.41, 5.74) is 0. The summed E-state index contributed by atoms with van der Waals surface area (Å²) in [4.78, 5) is 22.6. The van der Waals surface area contributed by atoms with Crippen LogP contribution in [0.1, 0.15) is 12.8 Å². The van der Waals surface area contributed by atoms with E-state index in [2.05, 4.69) is 0 Å². The van der Waals surface area contributed by atoms with Gasteiger partial charge in [-0.2, -0.15) is 0 Å². The van der Waals surface area contributed by atoms with Gasteiger partial charge in [0.25, 0.3) is 0 Å². The first-order chi connectivity index (χ1) is 5.66. The summed E-state index contributed by atoms with van der Waals surface area (Å²) in [5.74, 6) is -0.0137. The van der Waals surface area contributed by atoms with Gasteiger partial charge in [0.15, 0.2) is 5.78 Å². The van der Waals surface area contributed by atoms with Crippen LogP contribution in [0.2, 0.25) is 0 Å². The third kappa shape index (κ3) is 14.3. The van der Waals surface area contributed by atoms with E-state index >= 15 is 0 Å². The molecule has 0 rings (SSSR count). The minimum atomic E-state index is -0.0137. The number of hydrogen-bond donors (Lipinski definition) is 0. The molecule has 0 aliphatic heterocycles. The van der Waals surface area contributed by atoms with Crippen LogP contribution in [0, 0.1) is 7.43 Å². The van der Waals surface area contributed by atoms with Gasteiger partial charge in [-0.25, -0.2) is 0 Å². The SMILES string of the molecule is CN(C)C/C=C/C(=O)CC[C-]=O.[CH3-].[W+2]. The molecule has 0 bridgehead atoms. The van der Waals surface area contributed by atoms with Crippen LogP contribution < -0.4 is 0 Å². The molecule has 0 saturated heterocycles. The Labute approximate surface area is 101 Å². The summed E-state index contributed by atoms with van der Waals surface area (Å²) in [6, 6.07) is 0. The molecule has 0 heterocycles. The van der Waals surface area contributed by atoms with Crippen LogP contribution in [0.4, 0.5) is 0 Å². The van der Waals surface area contributed by atoms with Crippen molar-refractivity contribution >= 4 is 12.1 Å². The first-order valence-electron chi connectivity index (χ1n) is 3.86. The summed E-state index contributed by atoms with van der Waals surface area (Å²) < 4.78 is 0. The van der Waals surface area contributed by atoms with E-state index in [9.17, 15) is 9.59 Å². The van der Waals surface area contributed by atoms with Crippen LogP contribution in [0.15, 0.2) is 12.2 Å². The average Bonchev–Trinajstić information content (AvgIpc) is 2.00. The first kappa shape index (κ1) is 19.3. The van der Waals surface area contributed by atoms with E-state index in [-0.39, 0.29) is 47.1 Å². The van der Waals surface area contributed by atoms with Crippen molar-refractivity contribution in [2.75, 3.05) is 20.6 Å². The molecular formula is C10H17NO2W. The van der Waals surface area contributed by atoms with Crippen molar-refractivity contribution < 1.29 is 30.7 Å². The van der Waals surface area contributed by atoms with E-state index in [1.807, 2.05) is 19.0 Å². The minimum absolute atomic E-state index is 0. The molecule has 0 aromatic carbocycles. The zero-order chi connectivity index (χ0) is 9.40. The van der Waals surface area contributed by atoms with Crippen LogP contribution in [0.5, 0.6) is 0 Å². The third-order valence-electron chi connectivity index (χ3n) is 1.25. The van der Waals surface area contributed by atoms with Crippen molar-refractivity contribution in [3.8, 4) is 0 Å². The second kappa shape index (κ2) is 12.7. The summed E-state index contributed by atoms with van der Waals surface area (Å²) in [6.45, 7) is 0.747. The van der Waals surface area contributed by atoms with Gasteiger partial charge in [-0.15, -0.1) is 6.42 Å². The maximum absolute atomic E-state index is 10.9. The van der Waals surface area contributed by atoms with E-state index in [1.54, 1.807) is 12.4 Å². The Bertz CT molecular complexity index is 179. The summed E-state index contributed by atoms with van der Waals surface area (Å²) in [6.07, 6.45) is 5.45. The number of carbonyl (C=O) groups is 1. The molecule has 0 amide bonds. The van der Waals surface area contributed by atoms with Crippen LogP contribution in [0.3, 0.4) is 0 Å². The Balaban J connectivity index is -0.000000605. The molecule has 3 nitrogen and oxygen atoms in total. The molecule has 0 radical (unpaired) electrons. The molecule has 80 valence electrons. The molecule has 14 heavy (non-hydrogen) atoms. The molecule has 0 atom stereocenters. The number of hydrogen-bond acceptors (Lipinski definition) is 3.